The minimum atomic E-state index is -0.476. The Morgan fingerprint density at radius 2 is 2.22 bits per heavy atom. The molecule has 5 nitrogen and oxygen atoms in total. The number of rotatable bonds is 5. The SMILES string of the molecule is CCCC(C(=O)N1CCCC1C(=O)OC)C(N)=S. The maximum atomic E-state index is 12.4. The molecule has 1 fully saturated rings. The van der Waals surface area contributed by atoms with E-state index in [2.05, 4.69) is 0 Å². The Bertz CT molecular complexity index is 346. The molecule has 0 radical (unpaired) electrons. The molecule has 2 unspecified atom stereocenters. The average molecular weight is 272 g/mol. The van der Waals surface area contributed by atoms with E-state index in [0.29, 0.717) is 19.4 Å². The van der Waals surface area contributed by atoms with Gasteiger partial charge in [0, 0.05) is 6.54 Å². The van der Waals surface area contributed by atoms with Crippen molar-refractivity contribution in [1.82, 2.24) is 4.90 Å². The summed E-state index contributed by atoms with van der Waals surface area (Å²) in [6.45, 7) is 2.54. The van der Waals surface area contributed by atoms with Gasteiger partial charge in [-0.3, -0.25) is 4.79 Å². The summed E-state index contributed by atoms with van der Waals surface area (Å²) < 4.78 is 4.72. The lowest BCUT2D eigenvalue weighted by Gasteiger charge is -2.26. The second-order valence-electron chi connectivity index (χ2n) is 4.46. The van der Waals surface area contributed by atoms with Gasteiger partial charge in [0.25, 0.3) is 0 Å². The molecule has 0 aromatic carbocycles. The van der Waals surface area contributed by atoms with Crippen molar-refractivity contribution in [3.63, 3.8) is 0 Å². The lowest BCUT2D eigenvalue weighted by Crippen LogP contribution is -2.46. The van der Waals surface area contributed by atoms with E-state index < -0.39 is 12.0 Å². The largest absolute Gasteiger partial charge is 0.467 e. The number of carbonyl (C=O) groups is 2. The first-order valence-corrected chi connectivity index (χ1v) is 6.61. The smallest absolute Gasteiger partial charge is 0.328 e. The van der Waals surface area contributed by atoms with Gasteiger partial charge in [-0.15, -0.1) is 0 Å². The van der Waals surface area contributed by atoms with Crippen molar-refractivity contribution in [2.45, 2.75) is 38.6 Å². The molecule has 0 aliphatic carbocycles. The van der Waals surface area contributed by atoms with E-state index in [4.69, 9.17) is 22.7 Å². The van der Waals surface area contributed by atoms with Crippen molar-refractivity contribution >= 4 is 29.1 Å². The zero-order valence-corrected chi connectivity index (χ0v) is 11.7. The molecule has 18 heavy (non-hydrogen) atoms. The molecule has 0 aromatic heterocycles. The number of carbonyl (C=O) groups excluding carboxylic acids is 2. The van der Waals surface area contributed by atoms with Crippen molar-refractivity contribution in [1.29, 1.82) is 0 Å². The minimum absolute atomic E-state index is 0.141. The third-order valence-electron chi connectivity index (χ3n) is 3.23. The number of likely N-dealkylation sites (tertiary alicyclic amines) is 1. The summed E-state index contributed by atoms with van der Waals surface area (Å²) in [5, 5.41) is 0. The molecule has 102 valence electrons. The van der Waals surface area contributed by atoms with E-state index in [1.54, 1.807) is 4.90 Å². The lowest BCUT2D eigenvalue weighted by molar-refractivity contribution is -0.151. The molecule has 1 amide bonds. The van der Waals surface area contributed by atoms with Gasteiger partial charge in [-0.25, -0.2) is 4.79 Å². The molecule has 2 N–H and O–H groups in total. The van der Waals surface area contributed by atoms with Gasteiger partial charge in [0.2, 0.25) is 5.91 Å². The second-order valence-corrected chi connectivity index (χ2v) is 4.93. The fourth-order valence-electron chi connectivity index (χ4n) is 2.29. The van der Waals surface area contributed by atoms with Gasteiger partial charge < -0.3 is 15.4 Å². The maximum absolute atomic E-state index is 12.4. The summed E-state index contributed by atoms with van der Waals surface area (Å²) in [5.41, 5.74) is 5.61. The van der Waals surface area contributed by atoms with Crippen molar-refractivity contribution in [2.24, 2.45) is 11.7 Å². The van der Waals surface area contributed by atoms with E-state index >= 15 is 0 Å². The van der Waals surface area contributed by atoms with Crippen LogP contribution in [-0.2, 0) is 14.3 Å². The van der Waals surface area contributed by atoms with Gasteiger partial charge in [0.15, 0.2) is 0 Å². The number of hydrogen-bond donors (Lipinski definition) is 1. The number of ether oxygens (including phenoxy) is 1. The molecule has 0 saturated carbocycles. The number of thiocarbonyl (C=S) groups is 1. The van der Waals surface area contributed by atoms with E-state index in [1.165, 1.54) is 7.11 Å². The van der Waals surface area contributed by atoms with Gasteiger partial charge >= 0.3 is 5.97 Å². The highest BCUT2D eigenvalue weighted by molar-refractivity contribution is 7.80. The predicted molar refractivity (Wildman–Crippen MR) is 71.9 cm³/mol. The molecule has 2 atom stereocenters. The van der Waals surface area contributed by atoms with Gasteiger partial charge in [0.05, 0.1) is 18.0 Å². The average Bonchev–Trinajstić information content (AvgIpc) is 2.82. The maximum Gasteiger partial charge on any atom is 0.328 e. The molecule has 1 aliphatic rings. The van der Waals surface area contributed by atoms with Gasteiger partial charge in [0.1, 0.15) is 6.04 Å². The number of methoxy groups -OCH3 is 1. The van der Waals surface area contributed by atoms with Crippen LogP contribution in [0.2, 0.25) is 0 Å². The molecule has 1 saturated heterocycles. The molecule has 0 aromatic rings. The van der Waals surface area contributed by atoms with Crippen molar-refractivity contribution < 1.29 is 14.3 Å². The molecule has 0 bridgehead atoms. The van der Waals surface area contributed by atoms with Gasteiger partial charge in [-0.2, -0.15) is 0 Å². The van der Waals surface area contributed by atoms with Crippen molar-refractivity contribution in [3.05, 3.63) is 0 Å². The fourth-order valence-corrected chi connectivity index (χ4v) is 2.51. The first kappa shape index (κ1) is 14.9. The standard InChI is InChI=1S/C12H20N2O3S/c1-3-5-8(10(13)18)11(15)14-7-4-6-9(14)12(16)17-2/h8-9H,3-7H2,1-2H3,(H2,13,18). The zero-order valence-electron chi connectivity index (χ0n) is 10.8. The van der Waals surface area contributed by atoms with E-state index in [1.807, 2.05) is 6.92 Å². The Kier molecular flexibility index (Phi) is 5.53. The van der Waals surface area contributed by atoms with E-state index in [0.717, 1.165) is 12.8 Å². The summed E-state index contributed by atoms with van der Waals surface area (Å²) >= 11 is 4.94. The monoisotopic (exact) mass is 272 g/mol. The molecule has 1 heterocycles. The lowest BCUT2D eigenvalue weighted by atomic mass is 10.0. The molecular weight excluding hydrogens is 252 g/mol. The molecule has 0 spiro atoms. The Balaban J connectivity index is 2.80. The third kappa shape index (κ3) is 3.19. The van der Waals surface area contributed by atoms with E-state index in [-0.39, 0.29) is 16.9 Å². The topological polar surface area (TPSA) is 72.6 Å². The van der Waals surface area contributed by atoms with Crippen LogP contribution in [0.5, 0.6) is 0 Å². The molecular formula is C12H20N2O3S. The Morgan fingerprint density at radius 3 is 2.72 bits per heavy atom. The Hall–Kier alpha value is -1.17. The van der Waals surface area contributed by atoms with Crippen LogP contribution in [0.4, 0.5) is 0 Å². The number of esters is 1. The first-order valence-electron chi connectivity index (χ1n) is 6.20. The summed E-state index contributed by atoms with van der Waals surface area (Å²) in [5.74, 6) is -0.966. The summed E-state index contributed by atoms with van der Waals surface area (Å²) in [7, 11) is 1.33. The molecule has 6 heteroatoms. The quantitative estimate of drug-likeness (QED) is 0.593. The normalized spacial score (nSPS) is 20.6. The highest BCUT2D eigenvalue weighted by Crippen LogP contribution is 2.22. The highest BCUT2D eigenvalue weighted by atomic mass is 32.1. The zero-order chi connectivity index (χ0) is 13.7. The third-order valence-corrected chi connectivity index (χ3v) is 3.51. The Morgan fingerprint density at radius 1 is 1.56 bits per heavy atom. The van der Waals surface area contributed by atoms with Crippen LogP contribution in [-0.4, -0.2) is 41.5 Å². The van der Waals surface area contributed by atoms with E-state index in [9.17, 15) is 9.59 Å². The summed E-state index contributed by atoms with van der Waals surface area (Å²) in [4.78, 5) is 25.7. The van der Waals surface area contributed by atoms with Crippen molar-refractivity contribution in [2.75, 3.05) is 13.7 Å². The highest BCUT2D eigenvalue weighted by Gasteiger charge is 2.38. The number of amides is 1. The van der Waals surface area contributed by atoms with Gasteiger partial charge in [-0.05, 0) is 19.3 Å². The van der Waals surface area contributed by atoms with Crippen LogP contribution in [0.25, 0.3) is 0 Å². The van der Waals surface area contributed by atoms with Crippen molar-refractivity contribution in [3.8, 4) is 0 Å². The number of nitrogens with two attached hydrogens (primary N) is 1. The predicted octanol–water partition coefficient (Wildman–Crippen LogP) is 0.853. The van der Waals surface area contributed by atoms with Crippen LogP contribution >= 0.6 is 12.2 Å². The van der Waals surface area contributed by atoms with Crippen LogP contribution in [0.1, 0.15) is 32.6 Å². The second kappa shape index (κ2) is 6.68. The molecule has 1 aliphatic heterocycles. The number of hydrogen-bond acceptors (Lipinski definition) is 4. The number of nitrogens with zero attached hydrogens (tertiary/aromatic N) is 1. The molecule has 1 rings (SSSR count). The van der Waals surface area contributed by atoms with Crippen LogP contribution in [0.15, 0.2) is 0 Å². The van der Waals surface area contributed by atoms with Crippen LogP contribution < -0.4 is 5.73 Å². The summed E-state index contributed by atoms with van der Waals surface area (Å²) in [6, 6.07) is -0.476. The minimum Gasteiger partial charge on any atom is -0.467 e. The fraction of sp³-hybridized carbons (Fsp3) is 0.750. The first-order chi connectivity index (χ1) is 8.52. The Labute approximate surface area is 113 Å². The van der Waals surface area contributed by atoms with Crippen LogP contribution in [0, 0.1) is 5.92 Å². The van der Waals surface area contributed by atoms with Crippen LogP contribution in [0.3, 0.4) is 0 Å². The summed E-state index contributed by atoms with van der Waals surface area (Å²) in [6.07, 6.45) is 2.90. The van der Waals surface area contributed by atoms with Gasteiger partial charge in [-0.1, -0.05) is 25.6 Å².